The van der Waals surface area contributed by atoms with Crippen LogP contribution >= 0.6 is 0 Å². The fourth-order valence-corrected chi connectivity index (χ4v) is 4.86. The Labute approximate surface area is 154 Å². The number of rotatable bonds is 3. The topological polar surface area (TPSA) is 63.7 Å². The Hall–Kier alpha value is -1.92. The van der Waals surface area contributed by atoms with E-state index in [1.54, 1.807) is 13.2 Å². The van der Waals surface area contributed by atoms with E-state index >= 15 is 0 Å². The van der Waals surface area contributed by atoms with Crippen molar-refractivity contribution in [3.63, 3.8) is 0 Å². The molecular weight excluding hydrogens is 330 g/mol. The molecule has 6 nitrogen and oxygen atoms in total. The molecule has 1 N–H and O–H groups in total. The lowest BCUT2D eigenvalue weighted by Crippen LogP contribution is -2.59. The molecule has 4 heterocycles. The number of hydrogen-bond acceptors (Lipinski definition) is 5. The summed E-state index contributed by atoms with van der Waals surface area (Å²) in [7, 11) is 1.81. The summed E-state index contributed by atoms with van der Waals surface area (Å²) in [5, 5.41) is 3.05. The number of ether oxygens (including phenoxy) is 2. The van der Waals surface area contributed by atoms with Crippen molar-refractivity contribution in [2.24, 2.45) is 5.41 Å². The van der Waals surface area contributed by atoms with Crippen LogP contribution in [0.5, 0.6) is 0 Å². The minimum atomic E-state index is -0.0576. The lowest BCUT2D eigenvalue weighted by atomic mass is 9.65. The highest BCUT2D eigenvalue weighted by atomic mass is 16.5. The van der Waals surface area contributed by atoms with Crippen molar-refractivity contribution in [3.8, 4) is 0 Å². The van der Waals surface area contributed by atoms with Crippen molar-refractivity contribution in [2.45, 2.75) is 31.7 Å². The molecular formula is C20H27N3O3. The number of nitrogens with zero attached hydrogens (tertiary/aromatic N) is 2. The third kappa shape index (κ3) is 2.91. The van der Waals surface area contributed by atoms with Crippen molar-refractivity contribution in [1.82, 2.24) is 9.88 Å². The lowest BCUT2D eigenvalue weighted by molar-refractivity contribution is -0.0738. The number of pyridine rings is 1. The first-order valence-electron chi connectivity index (χ1n) is 9.55. The van der Waals surface area contributed by atoms with Crippen LogP contribution in [0.15, 0.2) is 30.0 Å². The number of nitrogens with one attached hydrogen (secondary N) is 1. The molecule has 6 heteroatoms. The number of amides is 1. The quantitative estimate of drug-likeness (QED) is 0.842. The Morgan fingerprint density at radius 3 is 3.12 bits per heavy atom. The molecule has 3 aliphatic rings. The van der Waals surface area contributed by atoms with Crippen LogP contribution in [0.4, 0.5) is 5.82 Å². The van der Waals surface area contributed by atoms with Crippen LogP contribution in [0, 0.1) is 5.41 Å². The Kier molecular flexibility index (Phi) is 4.96. The van der Waals surface area contributed by atoms with Crippen molar-refractivity contribution in [3.05, 3.63) is 35.5 Å². The van der Waals surface area contributed by atoms with E-state index in [9.17, 15) is 4.79 Å². The van der Waals surface area contributed by atoms with Crippen LogP contribution in [-0.4, -0.2) is 61.9 Å². The minimum absolute atomic E-state index is 0.0576. The van der Waals surface area contributed by atoms with E-state index in [1.165, 1.54) is 5.57 Å². The molecule has 0 saturated carbocycles. The van der Waals surface area contributed by atoms with Gasteiger partial charge in [-0.15, -0.1) is 0 Å². The molecule has 4 rings (SSSR count). The Balaban J connectivity index is 1.68. The number of carbonyl (C=O) groups excluding carboxylic acids is 1. The van der Waals surface area contributed by atoms with E-state index in [0.717, 1.165) is 38.8 Å². The fourth-order valence-electron chi connectivity index (χ4n) is 4.86. The van der Waals surface area contributed by atoms with Crippen molar-refractivity contribution < 1.29 is 14.3 Å². The predicted octanol–water partition coefficient (Wildman–Crippen LogP) is 2.48. The van der Waals surface area contributed by atoms with Gasteiger partial charge in [0, 0.05) is 37.9 Å². The maximum absolute atomic E-state index is 13.4. The highest BCUT2D eigenvalue weighted by Crippen LogP contribution is 2.48. The van der Waals surface area contributed by atoms with Crippen LogP contribution < -0.4 is 5.32 Å². The first kappa shape index (κ1) is 17.5. The van der Waals surface area contributed by atoms with E-state index in [2.05, 4.69) is 21.3 Å². The van der Waals surface area contributed by atoms with E-state index in [4.69, 9.17) is 9.47 Å². The molecule has 1 aromatic heterocycles. The van der Waals surface area contributed by atoms with Crippen molar-refractivity contribution in [2.75, 3.05) is 45.3 Å². The summed E-state index contributed by atoms with van der Waals surface area (Å²) in [4.78, 5) is 19.8. The molecule has 2 atom stereocenters. The standard InChI is InChI=1S/C20H27N3O3/c1-21-18-16(4-2-9-22-18)19(24)23-10-3-8-20(14-26-13-7-17(20)23)15-5-11-25-12-6-15/h2,4-5,9,17H,3,6-8,10-14H2,1H3,(H,21,22)/t17-,20-/m0/s1. The Morgan fingerprint density at radius 1 is 1.38 bits per heavy atom. The zero-order chi connectivity index (χ0) is 18.0. The third-order valence-electron chi connectivity index (χ3n) is 6.07. The molecule has 1 aromatic rings. The van der Waals surface area contributed by atoms with E-state index in [0.29, 0.717) is 31.2 Å². The summed E-state index contributed by atoms with van der Waals surface area (Å²) in [6.07, 6.45) is 7.85. The number of piperidine rings is 1. The molecule has 0 bridgehead atoms. The van der Waals surface area contributed by atoms with Gasteiger partial charge < -0.3 is 19.7 Å². The zero-order valence-electron chi connectivity index (χ0n) is 15.4. The third-order valence-corrected chi connectivity index (χ3v) is 6.07. The van der Waals surface area contributed by atoms with E-state index in [-0.39, 0.29) is 17.4 Å². The van der Waals surface area contributed by atoms with Gasteiger partial charge in [0.2, 0.25) is 0 Å². The van der Waals surface area contributed by atoms with Gasteiger partial charge in [0.1, 0.15) is 5.82 Å². The summed E-state index contributed by atoms with van der Waals surface area (Å²) >= 11 is 0. The van der Waals surface area contributed by atoms with Gasteiger partial charge in [0.25, 0.3) is 5.91 Å². The second-order valence-corrected chi connectivity index (χ2v) is 7.32. The second kappa shape index (κ2) is 7.37. The Morgan fingerprint density at radius 2 is 2.31 bits per heavy atom. The molecule has 0 radical (unpaired) electrons. The van der Waals surface area contributed by atoms with Crippen LogP contribution in [0.25, 0.3) is 0 Å². The molecule has 2 fully saturated rings. The van der Waals surface area contributed by atoms with Crippen LogP contribution in [-0.2, 0) is 9.47 Å². The van der Waals surface area contributed by atoms with E-state index < -0.39 is 0 Å². The summed E-state index contributed by atoms with van der Waals surface area (Å²) in [5.41, 5.74) is 2.02. The van der Waals surface area contributed by atoms with Gasteiger partial charge in [-0.25, -0.2) is 4.98 Å². The number of aromatic nitrogens is 1. The highest BCUT2D eigenvalue weighted by Gasteiger charge is 2.50. The number of hydrogen-bond donors (Lipinski definition) is 1. The van der Waals surface area contributed by atoms with Crippen LogP contribution in [0.3, 0.4) is 0 Å². The summed E-state index contributed by atoms with van der Waals surface area (Å²) in [6.45, 7) is 3.66. The number of likely N-dealkylation sites (tertiary alicyclic amines) is 1. The Bertz CT molecular complexity index is 701. The first-order valence-corrected chi connectivity index (χ1v) is 9.55. The first-order chi connectivity index (χ1) is 12.8. The molecule has 3 aliphatic heterocycles. The molecule has 2 saturated heterocycles. The average Bonchev–Trinajstić information content (AvgIpc) is 2.73. The summed E-state index contributed by atoms with van der Waals surface area (Å²) < 4.78 is 11.5. The second-order valence-electron chi connectivity index (χ2n) is 7.32. The molecule has 140 valence electrons. The molecule has 0 unspecified atom stereocenters. The summed E-state index contributed by atoms with van der Waals surface area (Å²) in [5.74, 6) is 0.720. The number of fused-ring (bicyclic) bond motifs is 1. The number of carbonyl (C=O) groups is 1. The van der Waals surface area contributed by atoms with Gasteiger partial charge in [-0.3, -0.25) is 4.79 Å². The van der Waals surface area contributed by atoms with Gasteiger partial charge in [0.15, 0.2) is 0 Å². The maximum atomic E-state index is 13.4. The van der Waals surface area contributed by atoms with Crippen LogP contribution in [0.1, 0.15) is 36.0 Å². The monoisotopic (exact) mass is 357 g/mol. The van der Waals surface area contributed by atoms with Gasteiger partial charge >= 0.3 is 0 Å². The summed E-state index contributed by atoms with van der Waals surface area (Å²) in [6, 6.07) is 3.88. The van der Waals surface area contributed by atoms with Crippen molar-refractivity contribution in [1.29, 1.82) is 0 Å². The maximum Gasteiger partial charge on any atom is 0.257 e. The molecule has 0 spiro atoms. The van der Waals surface area contributed by atoms with Gasteiger partial charge in [-0.2, -0.15) is 0 Å². The predicted molar refractivity (Wildman–Crippen MR) is 99.2 cm³/mol. The SMILES string of the molecule is CNc1ncccc1C(=O)N1CCC[C@@]2(C3=CCOCC3)COCC[C@H]12. The van der Waals surface area contributed by atoms with Crippen molar-refractivity contribution >= 4 is 11.7 Å². The minimum Gasteiger partial charge on any atom is -0.380 e. The average molecular weight is 357 g/mol. The highest BCUT2D eigenvalue weighted by molar-refractivity contribution is 5.99. The molecule has 0 aliphatic carbocycles. The lowest BCUT2D eigenvalue weighted by Gasteiger charge is -2.54. The van der Waals surface area contributed by atoms with Gasteiger partial charge in [0.05, 0.1) is 25.4 Å². The van der Waals surface area contributed by atoms with Crippen LogP contribution in [0.2, 0.25) is 0 Å². The zero-order valence-corrected chi connectivity index (χ0v) is 15.4. The van der Waals surface area contributed by atoms with E-state index in [1.807, 2.05) is 12.1 Å². The molecule has 0 aromatic carbocycles. The molecule has 1 amide bonds. The normalized spacial score (nSPS) is 28.9. The van der Waals surface area contributed by atoms with Gasteiger partial charge in [-0.05, 0) is 37.8 Å². The smallest absolute Gasteiger partial charge is 0.257 e. The largest absolute Gasteiger partial charge is 0.380 e. The van der Waals surface area contributed by atoms with Gasteiger partial charge in [-0.1, -0.05) is 11.6 Å². The number of anilines is 1. The fraction of sp³-hybridized carbons (Fsp3) is 0.600. The molecule has 26 heavy (non-hydrogen) atoms.